The molecule has 1 aliphatic carbocycles. The molecule has 1 saturated carbocycles. The van der Waals surface area contributed by atoms with Crippen LogP contribution in [0.1, 0.15) is 34.3 Å². The van der Waals surface area contributed by atoms with Crippen molar-refractivity contribution in [1.82, 2.24) is 10.2 Å². The van der Waals surface area contributed by atoms with E-state index in [4.69, 9.17) is 0 Å². The lowest BCUT2D eigenvalue weighted by Crippen LogP contribution is -2.25. The Bertz CT molecular complexity index is 438. The van der Waals surface area contributed by atoms with Gasteiger partial charge in [-0.1, -0.05) is 12.1 Å². The molecule has 16 heavy (non-hydrogen) atoms. The second kappa shape index (κ2) is 3.59. The maximum Gasteiger partial charge on any atom is 0.254 e. The van der Waals surface area contributed by atoms with Crippen molar-refractivity contribution in [3.63, 3.8) is 0 Å². The molecular weight excluding hydrogens is 200 g/mol. The summed E-state index contributed by atoms with van der Waals surface area (Å²) in [6, 6.07) is 6.77. The number of hydrogen-bond donors (Lipinski definition) is 1. The standard InChI is InChI=1S/C13H16N2O/c1-14-7-9-2-3-10-8-15(11-4-5-11)13(16)12(10)6-9/h2-3,6,11,14H,4-5,7-8H2,1H3. The molecule has 1 heterocycles. The minimum atomic E-state index is 0.232. The van der Waals surface area contributed by atoms with Crippen LogP contribution in [-0.4, -0.2) is 23.9 Å². The molecule has 0 spiro atoms. The molecule has 0 bridgehead atoms. The third-order valence-corrected chi connectivity index (χ3v) is 3.37. The summed E-state index contributed by atoms with van der Waals surface area (Å²) < 4.78 is 0. The zero-order valence-corrected chi connectivity index (χ0v) is 9.49. The van der Waals surface area contributed by atoms with E-state index in [-0.39, 0.29) is 5.91 Å². The Balaban J connectivity index is 1.90. The number of carbonyl (C=O) groups excluding carboxylic acids is 1. The van der Waals surface area contributed by atoms with Crippen molar-refractivity contribution in [3.05, 3.63) is 34.9 Å². The normalized spacial score (nSPS) is 19.1. The molecule has 3 heteroatoms. The van der Waals surface area contributed by atoms with Gasteiger partial charge < -0.3 is 10.2 Å². The Morgan fingerprint density at radius 1 is 1.44 bits per heavy atom. The second-order valence-corrected chi connectivity index (χ2v) is 4.69. The topological polar surface area (TPSA) is 32.3 Å². The first-order valence-corrected chi connectivity index (χ1v) is 5.87. The first-order chi connectivity index (χ1) is 7.79. The third kappa shape index (κ3) is 1.52. The van der Waals surface area contributed by atoms with E-state index in [0.29, 0.717) is 6.04 Å². The summed E-state index contributed by atoms with van der Waals surface area (Å²) in [6.07, 6.45) is 2.37. The molecule has 1 aliphatic heterocycles. The zero-order chi connectivity index (χ0) is 11.1. The van der Waals surface area contributed by atoms with Gasteiger partial charge in [0.25, 0.3) is 5.91 Å². The largest absolute Gasteiger partial charge is 0.331 e. The van der Waals surface area contributed by atoms with Crippen molar-refractivity contribution in [3.8, 4) is 0 Å². The number of nitrogens with zero attached hydrogens (tertiary/aromatic N) is 1. The lowest BCUT2D eigenvalue weighted by Gasteiger charge is -2.13. The smallest absolute Gasteiger partial charge is 0.254 e. The quantitative estimate of drug-likeness (QED) is 0.831. The molecule has 3 rings (SSSR count). The summed E-state index contributed by atoms with van der Waals surface area (Å²) >= 11 is 0. The van der Waals surface area contributed by atoms with E-state index in [2.05, 4.69) is 17.4 Å². The first-order valence-electron chi connectivity index (χ1n) is 5.87. The maximum atomic E-state index is 12.1. The van der Waals surface area contributed by atoms with Gasteiger partial charge in [0.15, 0.2) is 0 Å². The minimum absolute atomic E-state index is 0.232. The van der Waals surface area contributed by atoms with Gasteiger partial charge in [-0.05, 0) is 37.1 Å². The predicted octanol–water partition coefficient (Wildman–Crippen LogP) is 1.52. The molecule has 84 valence electrons. The number of rotatable bonds is 3. The SMILES string of the molecule is CNCc1ccc2c(c1)C(=O)N(C1CC1)C2. The lowest BCUT2D eigenvalue weighted by molar-refractivity contribution is 0.0766. The van der Waals surface area contributed by atoms with E-state index in [0.717, 1.165) is 18.7 Å². The predicted molar refractivity (Wildman–Crippen MR) is 62.1 cm³/mol. The van der Waals surface area contributed by atoms with Crippen LogP contribution in [0.4, 0.5) is 0 Å². The molecule has 1 amide bonds. The van der Waals surface area contributed by atoms with E-state index in [1.165, 1.54) is 24.0 Å². The van der Waals surface area contributed by atoms with Gasteiger partial charge in [0.05, 0.1) is 0 Å². The van der Waals surface area contributed by atoms with Gasteiger partial charge in [0.1, 0.15) is 0 Å². The molecule has 1 aromatic rings. The average Bonchev–Trinajstić information content (AvgIpc) is 3.07. The number of carbonyl (C=O) groups is 1. The van der Waals surface area contributed by atoms with Gasteiger partial charge in [0.2, 0.25) is 0 Å². The summed E-state index contributed by atoms with van der Waals surface area (Å²) in [7, 11) is 1.92. The van der Waals surface area contributed by atoms with E-state index >= 15 is 0 Å². The molecule has 0 unspecified atom stereocenters. The van der Waals surface area contributed by atoms with Crippen LogP contribution in [-0.2, 0) is 13.1 Å². The van der Waals surface area contributed by atoms with Gasteiger partial charge in [-0.25, -0.2) is 0 Å². The molecule has 1 fully saturated rings. The van der Waals surface area contributed by atoms with Crippen LogP contribution in [0.3, 0.4) is 0 Å². The number of nitrogens with one attached hydrogen (secondary N) is 1. The highest BCUT2D eigenvalue weighted by atomic mass is 16.2. The van der Waals surface area contributed by atoms with Gasteiger partial charge in [-0.3, -0.25) is 4.79 Å². The monoisotopic (exact) mass is 216 g/mol. The second-order valence-electron chi connectivity index (χ2n) is 4.69. The molecule has 1 aromatic carbocycles. The van der Waals surface area contributed by atoms with E-state index in [9.17, 15) is 4.79 Å². The highest BCUT2D eigenvalue weighted by Gasteiger charge is 2.37. The van der Waals surface area contributed by atoms with Crippen LogP contribution in [0.2, 0.25) is 0 Å². The van der Waals surface area contributed by atoms with Crippen LogP contribution in [0, 0.1) is 0 Å². The summed E-state index contributed by atoms with van der Waals surface area (Å²) in [5, 5.41) is 3.11. The van der Waals surface area contributed by atoms with Crippen molar-refractivity contribution < 1.29 is 4.79 Å². The molecule has 0 radical (unpaired) electrons. The van der Waals surface area contributed by atoms with Crippen molar-refractivity contribution in [2.45, 2.75) is 32.0 Å². The molecule has 2 aliphatic rings. The Labute approximate surface area is 95.4 Å². The van der Waals surface area contributed by atoms with Crippen LogP contribution < -0.4 is 5.32 Å². The molecule has 0 aromatic heterocycles. The average molecular weight is 216 g/mol. The highest BCUT2D eigenvalue weighted by Crippen LogP contribution is 2.34. The Morgan fingerprint density at radius 3 is 2.94 bits per heavy atom. The molecule has 3 nitrogen and oxygen atoms in total. The number of fused-ring (bicyclic) bond motifs is 1. The summed E-state index contributed by atoms with van der Waals surface area (Å²) in [4.78, 5) is 14.2. The molecular formula is C13H16N2O. The highest BCUT2D eigenvalue weighted by molar-refractivity contribution is 5.98. The number of amides is 1. The number of hydrogen-bond acceptors (Lipinski definition) is 2. The minimum Gasteiger partial charge on any atom is -0.331 e. The van der Waals surface area contributed by atoms with Gasteiger partial charge >= 0.3 is 0 Å². The first kappa shape index (κ1) is 9.85. The summed E-state index contributed by atoms with van der Waals surface area (Å²) in [6.45, 7) is 1.64. The summed E-state index contributed by atoms with van der Waals surface area (Å²) in [5.41, 5.74) is 3.30. The van der Waals surface area contributed by atoms with Crippen molar-refractivity contribution in [2.24, 2.45) is 0 Å². The maximum absolute atomic E-state index is 12.1. The van der Waals surface area contributed by atoms with Crippen molar-refractivity contribution >= 4 is 5.91 Å². The van der Waals surface area contributed by atoms with Crippen molar-refractivity contribution in [2.75, 3.05) is 7.05 Å². The fourth-order valence-electron chi connectivity index (χ4n) is 2.37. The van der Waals surface area contributed by atoms with Gasteiger partial charge in [-0.15, -0.1) is 0 Å². The third-order valence-electron chi connectivity index (χ3n) is 3.37. The van der Waals surface area contributed by atoms with E-state index < -0.39 is 0 Å². The van der Waals surface area contributed by atoms with Crippen LogP contribution in [0.15, 0.2) is 18.2 Å². The fourth-order valence-corrected chi connectivity index (χ4v) is 2.37. The van der Waals surface area contributed by atoms with Gasteiger partial charge in [-0.2, -0.15) is 0 Å². The van der Waals surface area contributed by atoms with E-state index in [1.807, 2.05) is 18.0 Å². The van der Waals surface area contributed by atoms with E-state index in [1.54, 1.807) is 0 Å². The van der Waals surface area contributed by atoms with Crippen LogP contribution >= 0.6 is 0 Å². The van der Waals surface area contributed by atoms with Crippen LogP contribution in [0.5, 0.6) is 0 Å². The molecule has 1 N–H and O–H groups in total. The van der Waals surface area contributed by atoms with Crippen LogP contribution in [0.25, 0.3) is 0 Å². The Morgan fingerprint density at radius 2 is 2.25 bits per heavy atom. The Hall–Kier alpha value is -1.35. The Kier molecular flexibility index (Phi) is 2.21. The van der Waals surface area contributed by atoms with Gasteiger partial charge in [0, 0.05) is 24.7 Å². The summed E-state index contributed by atoms with van der Waals surface area (Å²) in [5.74, 6) is 0.232. The molecule has 0 saturated heterocycles. The van der Waals surface area contributed by atoms with Crippen molar-refractivity contribution in [1.29, 1.82) is 0 Å². The lowest BCUT2D eigenvalue weighted by atomic mass is 10.1. The fraction of sp³-hybridized carbons (Fsp3) is 0.462. The zero-order valence-electron chi connectivity index (χ0n) is 9.49. The molecule has 0 atom stereocenters. The number of benzene rings is 1.